The van der Waals surface area contributed by atoms with Gasteiger partial charge in [-0.25, -0.2) is 0 Å². The van der Waals surface area contributed by atoms with Gasteiger partial charge in [0.2, 0.25) is 0 Å². The minimum atomic E-state index is 0.479. The van der Waals surface area contributed by atoms with Crippen molar-refractivity contribution in [2.24, 2.45) is 17.3 Å². The SMILES string of the molecule is CCNCC(C1CCC1)C(C)(C)C. The van der Waals surface area contributed by atoms with Gasteiger partial charge in [-0.05, 0) is 30.3 Å². The van der Waals surface area contributed by atoms with Crippen molar-refractivity contribution in [1.82, 2.24) is 5.32 Å². The highest BCUT2D eigenvalue weighted by molar-refractivity contribution is 4.86. The molecule has 1 N–H and O–H groups in total. The van der Waals surface area contributed by atoms with Crippen LogP contribution < -0.4 is 5.32 Å². The minimum absolute atomic E-state index is 0.479. The minimum Gasteiger partial charge on any atom is -0.317 e. The smallest absolute Gasteiger partial charge is 0.00130 e. The molecule has 0 bridgehead atoms. The van der Waals surface area contributed by atoms with Gasteiger partial charge in [-0.15, -0.1) is 0 Å². The van der Waals surface area contributed by atoms with Crippen LogP contribution in [0.4, 0.5) is 0 Å². The van der Waals surface area contributed by atoms with E-state index >= 15 is 0 Å². The van der Waals surface area contributed by atoms with Crippen LogP contribution in [0, 0.1) is 17.3 Å². The average Bonchev–Trinajstić information content (AvgIpc) is 1.91. The normalized spacial score (nSPS) is 21.2. The van der Waals surface area contributed by atoms with Crippen LogP contribution in [0.15, 0.2) is 0 Å². The number of hydrogen-bond donors (Lipinski definition) is 1. The van der Waals surface area contributed by atoms with Gasteiger partial charge < -0.3 is 5.32 Å². The van der Waals surface area contributed by atoms with Gasteiger partial charge in [-0.2, -0.15) is 0 Å². The van der Waals surface area contributed by atoms with Crippen molar-refractivity contribution in [3.05, 3.63) is 0 Å². The number of nitrogens with one attached hydrogen (secondary N) is 1. The molecule has 1 nitrogen and oxygen atoms in total. The largest absolute Gasteiger partial charge is 0.317 e. The zero-order valence-electron chi connectivity index (χ0n) is 9.69. The lowest BCUT2D eigenvalue weighted by Gasteiger charge is -2.42. The van der Waals surface area contributed by atoms with Gasteiger partial charge in [-0.3, -0.25) is 0 Å². The molecule has 0 amide bonds. The van der Waals surface area contributed by atoms with Crippen molar-refractivity contribution >= 4 is 0 Å². The Labute approximate surface area is 83.3 Å². The third kappa shape index (κ3) is 2.98. The van der Waals surface area contributed by atoms with E-state index in [1.807, 2.05) is 0 Å². The van der Waals surface area contributed by atoms with E-state index in [0.717, 1.165) is 18.4 Å². The maximum Gasteiger partial charge on any atom is -0.00130 e. The highest BCUT2D eigenvalue weighted by Gasteiger charge is 2.34. The van der Waals surface area contributed by atoms with Crippen molar-refractivity contribution in [2.45, 2.75) is 47.0 Å². The van der Waals surface area contributed by atoms with Crippen LogP contribution in [0.5, 0.6) is 0 Å². The summed E-state index contributed by atoms with van der Waals surface area (Å²) in [6.07, 6.45) is 4.39. The summed E-state index contributed by atoms with van der Waals surface area (Å²) in [6.45, 7) is 11.7. The topological polar surface area (TPSA) is 12.0 Å². The number of rotatable bonds is 4. The first-order chi connectivity index (χ1) is 6.05. The third-order valence-electron chi connectivity index (χ3n) is 3.45. The molecule has 1 heteroatoms. The maximum atomic E-state index is 3.50. The Kier molecular flexibility index (Phi) is 3.78. The third-order valence-corrected chi connectivity index (χ3v) is 3.45. The molecule has 1 unspecified atom stereocenters. The number of hydrogen-bond acceptors (Lipinski definition) is 1. The molecule has 0 aromatic heterocycles. The summed E-state index contributed by atoms with van der Waals surface area (Å²) in [5.41, 5.74) is 0.479. The Morgan fingerprint density at radius 3 is 2.23 bits per heavy atom. The fraction of sp³-hybridized carbons (Fsp3) is 1.00. The van der Waals surface area contributed by atoms with Crippen LogP contribution >= 0.6 is 0 Å². The maximum absolute atomic E-state index is 3.50. The molecule has 0 aromatic rings. The second kappa shape index (κ2) is 4.45. The van der Waals surface area contributed by atoms with Gasteiger partial charge in [0.15, 0.2) is 0 Å². The molecule has 1 saturated carbocycles. The van der Waals surface area contributed by atoms with Crippen molar-refractivity contribution in [3.8, 4) is 0 Å². The predicted molar refractivity (Wildman–Crippen MR) is 58.8 cm³/mol. The van der Waals surface area contributed by atoms with E-state index in [1.165, 1.54) is 25.8 Å². The Bertz CT molecular complexity index is 142. The molecule has 0 heterocycles. The van der Waals surface area contributed by atoms with Crippen LogP contribution in [-0.4, -0.2) is 13.1 Å². The molecular weight excluding hydrogens is 158 g/mol. The molecule has 1 aliphatic rings. The summed E-state index contributed by atoms with van der Waals surface area (Å²) >= 11 is 0. The van der Waals surface area contributed by atoms with E-state index in [-0.39, 0.29) is 0 Å². The summed E-state index contributed by atoms with van der Waals surface area (Å²) in [4.78, 5) is 0. The van der Waals surface area contributed by atoms with E-state index in [9.17, 15) is 0 Å². The first-order valence-corrected chi connectivity index (χ1v) is 5.76. The van der Waals surface area contributed by atoms with E-state index in [2.05, 4.69) is 33.0 Å². The molecule has 1 aliphatic carbocycles. The van der Waals surface area contributed by atoms with Crippen LogP contribution in [0.1, 0.15) is 47.0 Å². The molecule has 0 saturated heterocycles. The second-order valence-corrected chi connectivity index (χ2v) is 5.47. The zero-order valence-corrected chi connectivity index (χ0v) is 9.69. The van der Waals surface area contributed by atoms with Gasteiger partial charge in [0, 0.05) is 0 Å². The summed E-state index contributed by atoms with van der Waals surface area (Å²) in [7, 11) is 0. The van der Waals surface area contributed by atoms with E-state index < -0.39 is 0 Å². The Morgan fingerprint density at radius 2 is 1.92 bits per heavy atom. The molecule has 0 radical (unpaired) electrons. The van der Waals surface area contributed by atoms with Gasteiger partial charge in [0.25, 0.3) is 0 Å². The Hall–Kier alpha value is -0.0400. The van der Waals surface area contributed by atoms with E-state index in [1.54, 1.807) is 0 Å². The van der Waals surface area contributed by atoms with E-state index in [4.69, 9.17) is 0 Å². The van der Waals surface area contributed by atoms with Gasteiger partial charge >= 0.3 is 0 Å². The van der Waals surface area contributed by atoms with Crippen molar-refractivity contribution < 1.29 is 0 Å². The molecule has 1 rings (SSSR count). The standard InChI is InChI=1S/C12H25N/c1-5-13-9-11(12(2,3)4)10-7-6-8-10/h10-11,13H,5-9H2,1-4H3. The van der Waals surface area contributed by atoms with Crippen LogP contribution in [0.25, 0.3) is 0 Å². The van der Waals surface area contributed by atoms with Gasteiger partial charge in [0.05, 0.1) is 0 Å². The fourth-order valence-corrected chi connectivity index (χ4v) is 2.32. The fourth-order valence-electron chi connectivity index (χ4n) is 2.32. The highest BCUT2D eigenvalue weighted by atomic mass is 14.9. The average molecular weight is 183 g/mol. The Morgan fingerprint density at radius 1 is 1.31 bits per heavy atom. The lowest BCUT2D eigenvalue weighted by atomic mass is 9.65. The first kappa shape index (κ1) is 11.0. The van der Waals surface area contributed by atoms with Crippen molar-refractivity contribution in [2.75, 3.05) is 13.1 Å². The lowest BCUT2D eigenvalue weighted by Crippen LogP contribution is -2.39. The van der Waals surface area contributed by atoms with E-state index in [0.29, 0.717) is 5.41 Å². The zero-order chi connectivity index (χ0) is 9.90. The molecule has 1 atom stereocenters. The highest BCUT2D eigenvalue weighted by Crippen LogP contribution is 2.42. The molecule has 1 fully saturated rings. The Balaban J connectivity index is 2.43. The van der Waals surface area contributed by atoms with Crippen molar-refractivity contribution in [3.63, 3.8) is 0 Å². The molecular formula is C12H25N. The van der Waals surface area contributed by atoms with Crippen LogP contribution in [0.2, 0.25) is 0 Å². The summed E-state index contributed by atoms with van der Waals surface area (Å²) in [5, 5.41) is 3.50. The van der Waals surface area contributed by atoms with Crippen LogP contribution in [-0.2, 0) is 0 Å². The predicted octanol–water partition coefficient (Wildman–Crippen LogP) is 3.06. The van der Waals surface area contributed by atoms with Gasteiger partial charge in [0.1, 0.15) is 0 Å². The van der Waals surface area contributed by atoms with Crippen molar-refractivity contribution in [1.29, 1.82) is 0 Å². The molecule has 78 valence electrons. The quantitative estimate of drug-likeness (QED) is 0.706. The first-order valence-electron chi connectivity index (χ1n) is 5.76. The molecule has 0 spiro atoms. The summed E-state index contributed by atoms with van der Waals surface area (Å²) in [6, 6.07) is 0. The molecule has 13 heavy (non-hydrogen) atoms. The molecule has 0 aromatic carbocycles. The summed E-state index contributed by atoms with van der Waals surface area (Å²) < 4.78 is 0. The second-order valence-electron chi connectivity index (χ2n) is 5.47. The molecule has 0 aliphatic heterocycles. The van der Waals surface area contributed by atoms with Gasteiger partial charge in [-0.1, -0.05) is 47.0 Å². The monoisotopic (exact) mass is 183 g/mol. The lowest BCUT2D eigenvalue weighted by molar-refractivity contribution is 0.0963. The van der Waals surface area contributed by atoms with Crippen LogP contribution in [0.3, 0.4) is 0 Å². The summed E-state index contributed by atoms with van der Waals surface area (Å²) in [5.74, 6) is 1.88.